The van der Waals surface area contributed by atoms with E-state index in [-0.39, 0.29) is 16.3 Å². The molecule has 0 aliphatic carbocycles. The van der Waals surface area contributed by atoms with Crippen LogP contribution in [0.1, 0.15) is 47.2 Å². The second-order valence-corrected chi connectivity index (χ2v) is 9.48. The van der Waals surface area contributed by atoms with E-state index in [2.05, 4.69) is 10.5 Å². The van der Waals surface area contributed by atoms with E-state index in [1.54, 1.807) is 64.1 Å². The van der Waals surface area contributed by atoms with Gasteiger partial charge in [0.1, 0.15) is 5.76 Å². The molecule has 0 fully saturated rings. The summed E-state index contributed by atoms with van der Waals surface area (Å²) in [4.78, 5) is 26.0. The maximum atomic E-state index is 13.0. The van der Waals surface area contributed by atoms with Crippen molar-refractivity contribution in [2.45, 2.75) is 38.7 Å². The summed E-state index contributed by atoms with van der Waals surface area (Å²) in [6.45, 7) is 7.42. The molecule has 0 aliphatic rings. The molecule has 0 unspecified atom stereocenters. The van der Waals surface area contributed by atoms with Gasteiger partial charge in [-0.05, 0) is 31.5 Å². The second-order valence-electron chi connectivity index (χ2n) is 7.58. The number of hydrogen-bond donors (Lipinski definition) is 1. The number of rotatable bonds is 9. The van der Waals surface area contributed by atoms with Crippen molar-refractivity contribution in [3.8, 4) is 0 Å². The van der Waals surface area contributed by atoms with Crippen LogP contribution >= 0.6 is 0 Å². The van der Waals surface area contributed by atoms with E-state index in [1.807, 2.05) is 0 Å². The number of nitrogens with one attached hydrogen (secondary N) is 1. The first kappa shape index (κ1) is 25.1. The predicted molar refractivity (Wildman–Crippen MR) is 126 cm³/mol. The summed E-state index contributed by atoms with van der Waals surface area (Å²) in [6.07, 6.45) is -1.30. The van der Waals surface area contributed by atoms with Crippen LogP contribution < -0.4 is 5.32 Å². The van der Waals surface area contributed by atoms with Crippen LogP contribution in [-0.4, -0.2) is 42.8 Å². The lowest BCUT2D eigenvalue weighted by atomic mass is 10.1. The highest BCUT2D eigenvalue weighted by Gasteiger charge is 2.29. The summed E-state index contributed by atoms with van der Waals surface area (Å²) in [7, 11) is -3.80. The monoisotopic (exact) mass is 485 g/mol. The highest BCUT2D eigenvalue weighted by molar-refractivity contribution is 7.89. The molecular formula is C24H27N3O6S. The zero-order valence-electron chi connectivity index (χ0n) is 19.4. The largest absolute Gasteiger partial charge is 0.444 e. The molecule has 3 aromatic rings. The van der Waals surface area contributed by atoms with Gasteiger partial charge in [0.2, 0.25) is 16.1 Å². The summed E-state index contributed by atoms with van der Waals surface area (Å²) in [5, 5.41) is 6.30. The minimum Gasteiger partial charge on any atom is -0.444 e. The Labute approximate surface area is 198 Å². The van der Waals surface area contributed by atoms with E-state index in [0.29, 0.717) is 30.0 Å². The van der Waals surface area contributed by atoms with Gasteiger partial charge < -0.3 is 14.6 Å². The van der Waals surface area contributed by atoms with E-state index in [1.165, 1.54) is 22.5 Å². The van der Waals surface area contributed by atoms with Crippen LogP contribution in [0.15, 0.2) is 64.0 Å². The Morgan fingerprint density at radius 1 is 1.06 bits per heavy atom. The fraction of sp³-hybridized carbons (Fsp3) is 0.292. The average molecular weight is 486 g/mol. The molecule has 1 amide bonds. The van der Waals surface area contributed by atoms with Crippen molar-refractivity contribution in [3.05, 3.63) is 77.0 Å². The number of amides is 1. The molecule has 0 saturated heterocycles. The Bertz CT molecular complexity index is 1270. The third-order valence-corrected chi connectivity index (χ3v) is 7.38. The van der Waals surface area contributed by atoms with Gasteiger partial charge in [0.15, 0.2) is 5.82 Å². The molecule has 1 aromatic heterocycles. The van der Waals surface area contributed by atoms with Crippen LogP contribution in [0, 0.1) is 13.8 Å². The first-order valence-electron chi connectivity index (χ1n) is 10.8. The van der Waals surface area contributed by atoms with Crippen LogP contribution in [0.2, 0.25) is 0 Å². The molecule has 0 bridgehead atoms. The van der Waals surface area contributed by atoms with Gasteiger partial charge >= 0.3 is 5.97 Å². The summed E-state index contributed by atoms with van der Waals surface area (Å²) >= 11 is 0. The zero-order chi connectivity index (χ0) is 24.9. The summed E-state index contributed by atoms with van der Waals surface area (Å²) < 4.78 is 37.9. The lowest BCUT2D eigenvalue weighted by Gasteiger charge is -2.21. The van der Waals surface area contributed by atoms with Crippen LogP contribution in [-0.2, 0) is 19.6 Å². The number of aromatic nitrogens is 1. The fourth-order valence-corrected chi connectivity index (χ4v) is 5.11. The number of benzene rings is 2. The van der Waals surface area contributed by atoms with Crippen LogP contribution in [0.5, 0.6) is 0 Å². The number of esters is 1. The molecule has 180 valence electrons. The molecule has 3 rings (SSSR count). The first-order valence-corrected chi connectivity index (χ1v) is 12.2. The van der Waals surface area contributed by atoms with E-state index >= 15 is 0 Å². The van der Waals surface area contributed by atoms with Crippen LogP contribution in [0.3, 0.4) is 0 Å². The molecule has 34 heavy (non-hydrogen) atoms. The number of sulfonamides is 1. The van der Waals surface area contributed by atoms with Crippen molar-refractivity contribution < 1.29 is 27.3 Å². The lowest BCUT2D eigenvalue weighted by Crippen LogP contribution is -2.31. The lowest BCUT2D eigenvalue weighted by molar-refractivity contribution is -0.125. The number of carbonyl (C=O) groups is 2. The van der Waals surface area contributed by atoms with E-state index in [4.69, 9.17) is 9.26 Å². The molecule has 9 nitrogen and oxygen atoms in total. The van der Waals surface area contributed by atoms with Crippen molar-refractivity contribution in [1.82, 2.24) is 9.46 Å². The quantitative estimate of drug-likeness (QED) is 0.457. The van der Waals surface area contributed by atoms with Crippen molar-refractivity contribution in [2.24, 2.45) is 0 Å². The average Bonchev–Trinajstić information content (AvgIpc) is 3.22. The number of aryl methyl sites for hydroxylation is 2. The smallest absolute Gasteiger partial charge is 0.339 e. The molecule has 0 spiro atoms. The van der Waals surface area contributed by atoms with Gasteiger partial charge in [-0.3, -0.25) is 4.79 Å². The van der Waals surface area contributed by atoms with Crippen molar-refractivity contribution in [3.63, 3.8) is 0 Å². The second kappa shape index (κ2) is 10.6. The van der Waals surface area contributed by atoms with Gasteiger partial charge in [-0.1, -0.05) is 55.4 Å². The molecule has 0 saturated carbocycles. The van der Waals surface area contributed by atoms with E-state index in [0.717, 1.165) is 0 Å². The molecule has 1 heterocycles. The van der Waals surface area contributed by atoms with Gasteiger partial charge in [0.25, 0.3) is 5.91 Å². The minimum absolute atomic E-state index is 0.0161. The molecule has 2 aromatic carbocycles. The van der Waals surface area contributed by atoms with Gasteiger partial charge in [-0.25, -0.2) is 13.2 Å². The number of ether oxygens (including phenoxy) is 1. The third-order valence-electron chi connectivity index (χ3n) is 5.19. The normalized spacial score (nSPS) is 12.4. The van der Waals surface area contributed by atoms with Crippen molar-refractivity contribution >= 4 is 27.7 Å². The molecule has 0 aliphatic heterocycles. The van der Waals surface area contributed by atoms with Crippen molar-refractivity contribution in [2.75, 3.05) is 18.4 Å². The van der Waals surface area contributed by atoms with Gasteiger partial charge in [-0.15, -0.1) is 0 Å². The molecule has 0 radical (unpaired) electrons. The summed E-state index contributed by atoms with van der Waals surface area (Å²) in [5.41, 5.74) is 0.959. The molecule has 1 N–H and O–H groups in total. The predicted octanol–water partition coefficient (Wildman–Crippen LogP) is 3.86. The SMILES string of the molecule is CCN(CC)S(=O)(=O)c1cc(C(=O)O[C@H](C(=O)Nc2cc(C)on2)c2ccccc2)ccc1C. The standard InChI is InChI=1S/C24H27N3O6S/c1-5-27(6-2)34(30,31)20-15-19(13-12-16(20)3)24(29)32-22(18-10-8-7-9-11-18)23(28)25-21-14-17(4)33-26-21/h7-15,22H,5-6H2,1-4H3,(H,25,26,28)/t22-/m0/s1. The Morgan fingerprint density at radius 2 is 1.74 bits per heavy atom. The van der Waals surface area contributed by atoms with E-state index < -0.39 is 28.0 Å². The zero-order valence-corrected chi connectivity index (χ0v) is 20.3. The molecular weight excluding hydrogens is 458 g/mol. The first-order chi connectivity index (χ1) is 16.2. The minimum atomic E-state index is -3.80. The Hall–Kier alpha value is -3.50. The maximum absolute atomic E-state index is 13.0. The number of carbonyl (C=O) groups excluding carboxylic acids is 2. The van der Waals surface area contributed by atoms with Gasteiger partial charge in [-0.2, -0.15) is 4.31 Å². The Balaban J connectivity index is 1.92. The summed E-state index contributed by atoms with van der Waals surface area (Å²) in [6, 6.07) is 14.3. The van der Waals surface area contributed by atoms with Gasteiger partial charge in [0, 0.05) is 24.7 Å². The highest BCUT2D eigenvalue weighted by atomic mass is 32.2. The third kappa shape index (κ3) is 5.52. The number of anilines is 1. The topological polar surface area (TPSA) is 119 Å². The fourth-order valence-electron chi connectivity index (χ4n) is 3.40. The Morgan fingerprint density at radius 3 is 2.32 bits per heavy atom. The van der Waals surface area contributed by atoms with Crippen molar-refractivity contribution in [1.29, 1.82) is 0 Å². The maximum Gasteiger partial charge on any atom is 0.339 e. The Kier molecular flexibility index (Phi) is 7.85. The summed E-state index contributed by atoms with van der Waals surface area (Å²) in [5.74, 6) is -0.778. The molecule has 10 heteroatoms. The van der Waals surface area contributed by atoms with Crippen LogP contribution in [0.4, 0.5) is 5.82 Å². The number of nitrogens with zero attached hydrogens (tertiary/aromatic N) is 2. The van der Waals surface area contributed by atoms with E-state index in [9.17, 15) is 18.0 Å². The van der Waals surface area contributed by atoms with Crippen LogP contribution in [0.25, 0.3) is 0 Å². The van der Waals surface area contributed by atoms with Gasteiger partial charge in [0.05, 0.1) is 10.5 Å². The number of hydrogen-bond acceptors (Lipinski definition) is 7. The highest BCUT2D eigenvalue weighted by Crippen LogP contribution is 2.25. The molecule has 1 atom stereocenters.